The molecule has 1 saturated heterocycles. The Morgan fingerprint density at radius 1 is 1.26 bits per heavy atom. The summed E-state index contributed by atoms with van der Waals surface area (Å²) in [7, 11) is 1.46. The minimum atomic E-state index is -0.964. The van der Waals surface area contributed by atoms with E-state index in [-0.39, 0.29) is 17.3 Å². The molecule has 1 aliphatic rings. The van der Waals surface area contributed by atoms with Crippen molar-refractivity contribution in [1.82, 2.24) is 15.4 Å². The molecule has 2 heterocycles. The third-order valence-electron chi connectivity index (χ3n) is 4.01. The maximum Gasteiger partial charge on any atom is 0.306 e. The number of nitrogens with zero attached hydrogens (tertiary/aromatic N) is 2. The van der Waals surface area contributed by atoms with Gasteiger partial charge in [-0.25, -0.2) is 0 Å². The standard InChI is InChI=1S/C20H17N3O6S2/c1-28-15-10-12(2-3-14(15)29-9-6-17(24)25)11-16-19(27)23(20(30)31-16)22-18(26)13-4-7-21-8-5-13/h2-5,7-8,10-11H,6,9H2,1H3,(H,22,26)(H,24,25)/b16-11+. The Morgan fingerprint density at radius 2 is 2.00 bits per heavy atom. The first kappa shape index (κ1) is 22.2. The Labute approximate surface area is 187 Å². The van der Waals surface area contributed by atoms with Crippen LogP contribution in [0.4, 0.5) is 0 Å². The topological polar surface area (TPSA) is 118 Å². The Kier molecular flexibility index (Phi) is 7.21. The van der Waals surface area contributed by atoms with Crippen LogP contribution in [-0.4, -0.2) is 50.9 Å². The van der Waals surface area contributed by atoms with Gasteiger partial charge in [-0.15, -0.1) is 0 Å². The Bertz CT molecular complexity index is 1060. The molecule has 2 aromatic rings. The Morgan fingerprint density at radius 3 is 2.68 bits per heavy atom. The monoisotopic (exact) mass is 459 g/mol. The summed E-state index contributed by atoms with van der Waals surface area (Å²) in [5.74, 6) is -1.13. The number of ether oxygens (including phenoxy) is 2. The summed E-state index contributed by atoms with van der Waals surface area (Å²) in [6.07, 6.45) is 4.42. The van der Waals surface area contributed by atoms with Gasteiger partial charge in [-0.2, -0.15) is 5.01 Å². The van der Waals surface area contributed by atoms with Crippen LogP contribution in [0.15, 0.2) is 47.6 Å². The van der Waals surface area contributed by atoms with E-state index in [2.05, 4.69) is 10.4 Å². The normalized spacial score (nSPS) is 14.6. The zero-order valence-electron chi connectivity index (χ0n) is 16.2. The van der Waals surface area contributed by atoms with Gasteiger partial charge in [0.15, 0.2) is 15.8 Å². The number of carboxylic acids is 1. The lowest BCUT2D eigenvalue weighted by atomic mass is 10.2. The largest absolute Gasteiger partial charge is 0.493 e. The number of benzene rings is 1. The van der Waals surface area contributed by atoms with Crippen molar-refractivity contribution in [3.05, 3.63) is 58.8 Å². The molecule has 0 atom stereocenters. The highest BCUT2D eigenvalue weighted by atomic mass is 32.2. The second-order valence-electron chi connectivity index (χ2n) is 6.10. The van der Waals surface area contributed by atoms with Crippen LogP contribution >= 0.6 is 24.0 Å². The van der Waals surface area contributed by atoms with Crippen LogP contribution in [0.25, 0.3) is 6.08 Å². The number of hydrogen-bond donors (Lipinski definition) is 2. The van der Waals surface area contributed by atoms with Crippen LogP contribution in [0, 0.1) is 0 Å². The number of carbonyl (C=O) groups is 3. The van der Waals surface area contributed by atoms with E-state index < -0.39 is 17.8 Å². The molecule has 0 aliphatic carbocycles. The SMILES string of the molecule is COc1cc(/C=C2/SC(=S)N(NC(=O)c3ccncc3)C2=O)ccc1OCCC(=O)O. The van der Waals surface area contributed by atoms with Crippen molar-refractivity contribution in [3.63, 3.8) is 0 Å². The van der Waals surface area contributed by atoms with E-state index in [1.165, 1.54) is 31.6 Å². The van der Waals surface area contributed by atoms with Crippen molar-refractivity contribution in [2.24, 2.45) is 0 Å². The van der Waals surface area contributed by atoms with Crippen molar-refractivity contribution in [3.8, 4) is 11.5 Å². The fourth-order valence-corrected chi connectivity index (χ4v) is 3.71. The zero-order chi connectivity index (χ0) is 22.4. The van der Waals surface area contributed by atoms with Gasteiger partial charge < -0.3 is 14.6 Å². The Balaban J connectivity index is 1.73. The number of carboxylic acid groups (broad SMARTS) is 1. The van der Waals surface area contributed by atoms with E-state index in [0.717, 1.165) is 16.8 Å². The number of nitrogens with one attached hydrogen (secondary N) is 1. The average Bonchev–Trinajstić information content (AvgIpc) is 3.02. The highest BCUT2D eigenvalue weighted by molar-refractivity contribution is 8.26. The smallest absolute Gasteiger partial charge is 0.306 e. The summed E-state index contributed by atoms with van der Waals surface area (Å²) < 4.78 is 10.9. The van der Waals surface area contributed by atoms with Gasteiger partial charge >= 0.3 is 5.97 Å². The number of methoxy groups -OCH3 is 1. The molecule has 0 radical (unpaired) electrons. The number of aromatic nitrogens is 1. The molecule has 0 spiro atoms. The predicted molar refractivity (Wildman–Crippen MR) is 117 cm³/mol. The fourth-order valence-electron chi connectivity index (χ4n) is 2.53. The molecule has 0 unspecified atom stereocenters. The lowest BCUT2D eigenvalue weighted by molar-refractivity contribution is -0.137. The third kappa shape index (κ3) is 5.58. The van der Waals surface area contributed by atoms with Crippen LogP contribution in [0.1, 0.15) is 22.3 Å². The van der Waals surface area contributed by atoms with Crippen LogP contribution in [0.2, 0.25) is 0 Å². The van der Waals surface area contributed by atoms with Gasteiger partial charge in [-0.3, -0.25) is 24.8 Å². The number of carbonyl (C=O) groups excluding carboxylic acids is 2. The summed E-state index contributed by atoms with van der Waals surface area (Å²) in [5, 5.41) is 9.73. The van der Waals surface area contributed by atoms with Crippen molar-refractivity contribution in [2.75, 3.05) is 13.7 Å². The highest BCUT2D eigenvalue weighted by Crippen LogP contribution is 2.34. The molecule has 2 amide bonds. The average molecular weight is 460 g/mol. The molecule has 160 valence electrons. The molecular formula is C20H17N3O6S2. The number of rotatable bonds is 8. The summed E-state index contributed by atoms with van der Waals surface area (Å²) in [5.41, 5.74) is 3.48. The number of aliphatic carboxylic acids is 1. The molecule has 2 N–H and O–H groups in total. The molecule has 0 bridgehead atoms. The molecule has 1 fully saturated rings. The highest BCUT2D eigenvalue weighted by Gasteiger charge is 2.33. The third-order valence-corrected chi connectivity index (χ3v) is 5.31. The molecule has 1 aromatic carbocycles. The molecule has 1 aliphatic heterocycles. The predicted octanol–water partition coefficient (Wildman–Crippen LogP) is 2.49. The van der Waals surface area contributed by atoms with Crippen LogP contribution in [0.5, 0.6) is 11.5 Å². The Hall–Kier alpha value is -3.44. The quantitative estimate of drug-likeness (QED) is 0.453. The number of thioether (sulfide) groups is 1. The van der Waals surface area contributed by atoms with E-state index in [0.29, 0.717) is 27.5 Å². The van der Waals surface area contributed by atoms with Gasteiger partial charge in [0.25, 0.3) is 11.8 Å². The van der Waals surface area contributed by atoms with Crippen molar-refractivity contribution in [2.45, 2.75) is 6.42 Å². The summed E-state index contributed by atoms with van der Waals surface area (Å²) in [6.45, 7) is 0.000865. The maximum atomic E-state index is 12.7. The van der Waals surface area contributed by atoms with E-state index >= 15 is 0 Å². The van der Waals surface area contributed by atoms with Gasteiger partial charge in [-0.1, -0.05) is 17.8 Å². The minimum absolute atomic E-state index is 0.000865. The molecule has 11 heteroatoms. The lowest BCUT2D eigenvalue weighted by Gasteiger charge is -2.15. The first-order valence-corrected chi connectivity index (χ1v) is 10.1. The molecule has 1 aromatic heterocycles. The van der Waals surface area contributed by atoms with Gasteiger partial charge in [0.1, 0.15) is 0 Å². The summed E-state index contributed by atoms with van der Waals surface area (Å²) in [4.78, 5) is 39.8. The van der Waals surface area contributed by atoms with Crippen LogP contribution in [-0.2, 0) is 9.59 Å². The van der Waals surface area contributed by atoms with Gasteiger partial charge in [-0.05, 0) is 48.1 Å². The summed E-state index contributed by atoms with van der Waals surface area (Å²) >= 11 is 6.28. The van der Waals surface area contributed by atoms with E-state index in [1.54, 1.807) is 24.3 Å². The second-order valence-corrected chi connectivity index (χ2v) is 7.77. The number of pyridine rings is 1. The number of amides is 2. The van der Waals surface area contributed by atoms with Gasteiger partial charge in [0.2, 0.25) is 0 Å². The zero-order valence-corrected chi connectivity index (χ0v) is 17.9. The maximum absolute atomic E-state index is 12.7. The van der Waals surface area contributed by atoms with E-state index in [9.17, 15) is 14.4 Å². The van der Waals surface area contributed by atoms with E-state index in [1.807, 2.05) is 0 Å². The van der Waals surface area contributed by atoms with Crippen LogP contribution in [0.3, 0.4) is 0 Å². The van der Waals surface area contributed by atoms with Crippen molar-refractivity contribution >= 4 is 52.2 Å². The number of hydrogen-bond acceptors (Lipinski definition) is 8. The lowest BCUT2D eigenvalue weighted by Crippen LogP contribution is -2.44. The molecular weight excluding hydrogens is 442 g/mol. The molecule has 31 heavy (non-hydrogen) atoms. The van der Waals surface area contributed by atoms with Gasteiger partial charge in [0, 0.05) is 18.0 Å². The van der Waals surface area contributed by atoms with E-state index in [4.69, 9.17) is 26.8 Å². The van der Waals surface area contributed by atoms with Crippen molar-refractivity contribution < 1.29 is 29.0 Å². The van der Waals surface area contributed by atoms with Crippen molar-refractivity contribution in [1.29, 1.82) is 0 Å². The first-order valence-electron chi connectivity index (χ1n) is 8.90. The van der Waals surface area contributed by atoms with Gasteiger partial charge in [0.05, 0.1) is 25.0 Å². The second kappa shape index (κ2) is 10.0. The molecule has 3 rings (SSSR count). The molecule has 0 saturated carbocycles. The number of hydrazine groups is 1. The summed E-state index contributed by atoms with van der Waals surface area (Å²) in [6, 6.07) is 8.02. The van der Waals surface area contributed by atoms with Crippen LogP contribution < -0.4 is 14.9 Å². The minimum Gasteiger partial charge on any atom is -0.493 e. The molecule has 9 nitrogen and oxygen atoms in total. The number of thiocarbonyl (C=S) groups is 1. The fraction of sp³-hybridized carbons (Fsp3) is 0.150. The first-order chi connectivity index (χ1) is 14.9.